The molecular weight excluding hydrogens is 230 g/mol. The smallest absolute Gasteiger partial charge is 0.224 e. The Balaban J connectivity index is 2.01. The van der Waals surface area contributed by atoms with Crippen molar-refractivity contribution in [2.24, 2.45) is 0 Å². The molecule has 2 aromatic heterocycles. The molecule has 7 heteroatoms. The van der Waals surface area contributed by atoms with E-state index >= 15 is 0 Å². The second kappa shape index (κ2) is 4.09. The van der Waals surface area contributed by atoms with Crippen LogP contribution in [-0.4, -0.2) is 57.8 Å². The molecule has 1 saturated heterocycles. The van der Waals surface area contributed by atoms with Crippen molar-refractivity contribution in [1.29, 1.82) is 0 Å². The van der Waals surface area contributed by atoms with E-state index in [1.165, 1.54) is 0 Å². The maximum Gasteiger partial charge on any atom is 0.224 e. The number of aromatic amines is 1. The third kappa shape index (κ3) is 1.76. The van der Waals surface area contributed by atoms with Crippen LogP contribution in [0, 0.1) is 0 Å². The highest BCUT2D eigenvalue weighted by atomic mass is 15.3. The zero-order chi connectivity index (χ0) is 12.7. The number of piperazine rings is 1. The number of aromatic nitrogens is 4. The van der Waals surface area contributed by atoms with Crippen LogP contribution in [0.3, 0.4) is 0 Å². The summed E-state index contributed by atoms with van der Waals surface area (Å²) >= 11 is 0. The van der Waals surface area contributed by atoms with Gasteiger partial charge < -0.3 is 15.5 Å². The third-order valence-electron chi connectivity index (χ3n) is 3.57. The number of nitrogens with two attached hydrogens (primary N) is 1. The topological polar surface area (TPSA) is 87.0 Å². The monoisotopic (exact) mass is 247 g/mol. The van der Waals surface area contributed by atoms with E-state index in [2.05, 4.69) is 43.9 Å². The molecule has 1 aliphatic heterocycles. The normalized spacial score (nSPS) is 21.7. The number of hydrogen-bond donors (Lipinski definition) is 2. The van der Waals surface area contributed by atoms with E-state index in [4.69, 9.17) is 5.73 Å². The number of H-pyrrole nitrogens is 1. The van der Waals surface area contributed by atoms with Gasteiger partial charge in [-0.2, -0.15) is 15.1 Å². The number of fused-ring (bicyclic) bond motifs is 1. The summed E-state index contributed by atoms with van der Waals surface area (Å²) in [5, 5.41) is 7.78. The van der Waals surface area contributed by atoms with Gasteiger partial charge in [0.25, 0.3) is 0 Å². The van der Waals surface area contributed by atoms with Gasteiger partial charge in [0.2, 0.25) is 5.95 Å². The zero-order valence-electron chi connectivity index (χ0n) is 10.6. The van der Waals surface area contributed by atoms with E-state index in [1.807, 2.05) is 0 Å². The molecule has 18 heavy (non-hydrogen) atoms. The molecule has 1 atom stereocenters. The van der Waals surface area contributed by atoms with E-state index in [0.29, 0.717) is 11.7 Å². The Kier molecular flexibility index (Phi) is 2.55. The number of rotatable bonds is 1. The molecule has 96 valence electrons. The molecule has 0 saturated carbocycles. The lowest BCUT2D eigenvalue weighted by Crippen LogP contribution is -2.50. The zero-order valence-corrected chi connectivity index (χ0v) is 10.6. The summed E-state index contributed by atoms with van der Waals surface area (Å²) < 4.78 is 0. The highest BCUT2D eigenvalue weighted by Gasteiger charge is 2.23. The molecule has 1 aliphatic rings. The van der Waals surface area contributed by atoms with Crippen molar-refractivity contribution in [3.05, 3.63) is 6.20 Å². The van der Waals surface area contributed by atoms with Crippen molar-refractivity contribution in [3.8, 4) is 0 Å². The van der Waals surface area contributed by atoms with Crippen LogP contribution in [-0.2, 0) is 0 Å². The van der Waals surface area contributed by atoms with E-state index in [1.54, 1.807) is 6.20 Å². The van der Waals surface area contributed by atoms with Crippen molar-refractivity contribution in [3.63, 3.8) is 0 Å². The molecule has 1 unspecified atom stereocenters. The largest absolute Gasteiger partial charge is 0.368 e. The van der Waals surface area contributed by atoms with Crippen molar-refractivity contribution in [2.75, 3.05) is 37.3 Å². The Labute approximate surface area is 105 Å². The summed E-state index contributed by atoms with van der Waals surface area (Å²) in [6.07, 6.45) is 1.76. The highest BCUT2D eigenvalue weighted by Crippen LogP contribution is 2.24. The number of nitrogen functional groups attached to an aromatic ring is 1. The Morgan fingerprint density at radius 1 is 1.39 bits per heavy atom. The van der Waals surface area contributed by atoms with E-state index in [9.17, 15) is 0 Å². The first kappa shape index (κ1) is 11.2. The molecular formula is C11H17N7. The number of likely N-dealkylation sites (N-methyl/N-ethyl adjacent to an activating group) is 1. The molecule has 0 spiro atoms. The standard InChI is InChI=1S/C11H17N7/c1-7-6-18(4-3-17(7)2)10-8-5-13-16-9(8)14-11(12)15-10/h5,7H,3-4,6H2,1-2H3,(H3,12,13,14,15,16). The fraction of sp³-hybridized carbons (Fsp3) is 0.545. The molecule has 0 bridgehead atoms. The van der Waals surface area contributed by atoms with Gasteiger partial charge in [-0.05, 0) is 14.0 Å². The summed E-state index contributed by atoms with van der Waals surface area (Å²) in [7, 11) is 2.14. The molecule has 3 rings (SSSR count). The Morgan fingerprint density at radius 3 is 3.00 bits per heavy atom. The van der Waals surface area contributed by atoms with Crippen molar-refractivity contribution in [1.82, 2.24) is 25.1 Å². The SMILES string of the molecule is CC1CN(c2nc(N)nc3[nH]ncc23)CCN1C. The van der Waals surface area contributed by atoms with Gasteiger partial charge in [0.15, 0.2) is 5.65 Å². The minimum absolute atomic E-state index is 0.285. The fourth-order valence-corrected chi connectivity index (χ4v) is 2.32. The number of hydrogen-bond acceptors (Lipinski definition) is 6. The maximum absolute atomic E-state index is 5.75. The summed E-state index contributed by atoms with van der Waals surface area (Å²) in [4.78, 5) is 13.1. The van der Waals surface area contributed by atoms with Crippen LogP contribution in [0.2, 0.25) is 0 Å². The first-order chi connectivity index (χ1) is 8.65. The van der Waals surface area contributed by atoms with E-state index in [0.717, 1.165) is 30.8 Å². The summed E-state index contributed by atoms with van der Waals surface area (Å²) in [6, 6.07) is 0.497. The van der Waals surface area contributed by atoms with Crippen LogP contribution in [0.1, 0.15) is 6.92 Å². The average molecular weight is 247 g/mol. The predicted molar refractivity (Wildman–Crippen MR) is 70.4 cm³/mol. The van der Waals surface area contributed by atoms with Crippen LogP contribution in [0.15, 0.2) is 6.20 Å². The fourth-order valence-electron chi connectivity index (χ4n) is 2.32. The van der Waals surface area contributed by atoms with Crippen LogP contribution in [0.25, 0.3) is 11.0 Å². The second-order valence-electron chi connectivity index (χ2n) is 4.81. The summed E-state index contributed by atoms with van der Waals surface area (Å²) in [5.74, 6) is 1.17. The van der Waals surface area contributed by atoms with E-state index in [-0.39, 0.29) is 5.95 Å². The van der Waals surface area contributed by atoms with Crippen molar-refractivity contribution < 1.29 is 0 Å². The van der Waals surface area contributed by atoms with Crippen molar-refractivity contribution in [2.45, 2.75) is 13.0 Å². The van der Waals surface area contributed by atoms with Gasteiger partial charge >= 0.3 is 0 Å². The van der Waals surface area contributed by atoms with Gasteiger partial charge in [-0.3, -0.25) is 5.10 Å². The van der Waals surface area contributed by atoms with Crippen LogP contribution in [0.4, 0.5) is 11.8 Å². The molecule has 0 aromatic carbocycles. The Bertz CT molecular complexity index is 564. The van der Waals surface area contributed by atoms with Gasteiger partial charge in [0.05, 0.1) is 11.6 Å². The first-order valence-corrected chi connectivity index (χ1v) is 6.07. The van der Waals surface area contributed by atoms with E-state index < -0.39 is 0 Å². The van der Waals surface area contributed by atoms with Crippen LogP contribution < -0.4 is 10.6 Å². The molecule has 3 N–H and O–H groups in total. The quantitative estimate of drug-likeness (QED) is 0.742. The Morgan fingerprint density at radius 2 is 2.22 bits per heavy atom. The number of anilines is 2. The molecule has 2 aromatic rings. The maximum atomic E-state index is 5.75. The van der Waals surface area contributed by atoms with Gasteiger partial charge in [0, 0.05) is 25.7 Å². The third-order valence-corrected chi connectivity index (χ3v) is 3.57. The average Bonchev–Trinajstić information content (AvgIpc) is 2.79. The number of nitrogens with one attached hydrogen (secondary N) is 1. The predicted octanol–water partition coefficient (Wildman–Crippen LogP) is 0.0754. The molecule has 1 fully saturated rings. The van der Waals surface area contributed by atoms with Gasteiger partial charge in [-0.15, -0.1) is 0 Å². The lowest BCUT2D eigenvalue weighted by molar-refractivity contribution is 0.233. The highest BCUT2D eigenvalue weighted by molar-refractivity contribution is 5.87. The number of nitrogens with zero attached hydrogens (tertiary/aromatic N) is 5. The second-order valence-corrected chi connectivity index (χ2v) is 4.81. The molecule has 3 heterocycles. The van der Waals surface area contributed by atoms with Gasteiger partial charge in [-0.25, -0.2) is 0 Å². The van der Waals surface area contributed by atoms with Crippen molar-refractivity contribution >= 4 is 22.8 Å². The minimum atomic E-state index is 0.285. The summed E-state index contributed by atoms with van der Waals surface area (Å²) in [6.45, 7) is 5.11. The lowest BCUT2D eigenvalue weighted by Gasteiger charge is -2.38. The van der Waals surface area contributed by atoms with Gasteiger partial charge in [-0.1, -0.05) is 0 Å². The molecule has 0 aliphatic carbocycles. The Hall–Kier alpha value is -1.89. The molecule has 0 amide bonds. The minimum Gasteiger partial charge on any atom is -0.368 e. The van der Waals surface area contributed by atoms with Gasteiger partial charge in [0.1, 0.15) is 5.82 Å². The lowest BCUT2D eigenvalue weighted by atomic mass is 10.2. The molecule has 7 nitrogen and oxygen atoms in total. The van der Waals surface area contributed by atoms with Crippen LogP contribution >= 0.6 is 0 Å². The first-order valence-electron chi connectivity index (χ1n) is 6.07. The van der Waals surface area contributed by atoms with Crippen LogP contribution in [0.5, 0.6) is 0 Å². The molecule has 0 radical (unpaired) electrons. The summed E-state index contributed by atoms with van der Waals surface area (Å²) in [5.41, 5.74) is 6.44.